The van der Waals surface area contributed by atoms with Crippen molar-refractivity contribution in [3.8, 4) is 5.88 Å². The summed E-state index contributed by atoms with van der Waals surface area (Å²) in [5, 5.41) is 8.05. The minimum Gasteiger partial charge on any atom is -0.474 e. The molecule has 1 aliphatic carbocycles. The van der Waals surface area contributed by atoms with E-state index in [4.69, 9.17) is 4.74 Å². The standard InChI is InChI=1S/C23H29N5O/c1-24-23(26-13-11-18-16-27-21-9-5-4-8-20(18)21)28-15-17-10-12-25-22(14-17)29-19-6-2-3-7-19/h4-5,8-10,12,14,16,19,27H,2-3,6-7,11,13,15H2,1H3,(H2,24,26,28). The number of para-hydroxylation sites is 1. The Kier molecular flexibility index (Phi) is 6.29. The zero-order valence-electron chi connectivity index (χ0n) is 16.9. The van der Waals surface area contributed by atoms with E-state index in [2.05, 4.69) is 56.1 Å². The highest BCUT2D eigenvalue weighted by atomic mass is 16.5. The summed E-state index contributed by atoms with van der Waals surface area (Å²) < 4.78 is 6.00. The Bertz CT molecular complexity index is 959. The van der Waals surface area contributed by atoms with Gasteiger partial charge in [0.25, 0.3) is 0 Å². The van der Waals surface area contributed by atoms with Crippen LogP contribution in [0.1, 0.15) is 36.8 Å². The molecule has 0 spiro atoms. The summed E-state index contributed by atoms with van der Waals surface area (Å²) in [5.41, 5.74) is 3.62. The number of hydrogen-bond donors (Lipinski definition) is 3. The maximum atomic E-state index is 6.00. The van der Waals surface area contributed by atoms with E-state index in [1.54, 1.807) is 7.05 Å². The number of benzene rings is 1. The van der Waals surface area contributed by atoms with Gasteiger partial charge in [-0.2, -0.15) is 0 Å². The highest BCUT2D eigenvalue weighted by molar-refractivity contribution is 5.83. The van der Waals surface area contributed by atoms with Crippen molar-refractivity contribution in [1.82, 2.24) is 20.6 Å². The number of nitrogens with one attached hydrogen (secondary N) is 3. The molecule has 0 atom stereocenters. The lowest BCUT2D eigenvalue weighted by Crippen LogP contribution is -2.37. The van der Waals surface area contributed by atoms with Crippen LogP contribution < -0.4 is 15.4 Å². The summed E-state index contributed by atoms with van der Waals surface area (Å²) in [5.74, 6) is 1.51. The number of pyridine rings is 1. The van der Waals surface area contributed by atoms with Crippen molar-refractivity contribution in [2.24, 2.45) is 4.99 Å². The van der Waals surface area contributed by atoms with Gasteiger partial charge in [-0.25, -0.2) is 4.98 Å². The molecule has 1 aliphatic rings. The molecular weight excluding hydrogens is 362 g/mol. The number of aromatic amines is 1. The Labute approximate surface area is 171 Å². The second-order valence-electron chi connectivity index (χ2n) is 7.49. The number of rotatable bonds is 7. The minimum absolute atomic E-state index is 0.324. The van der Waals surface area contributed by atoms with Crippen LogP contribution in [0.25, 0.3) is 10.9 Å². The third-order valence-electron chi connectivity index (χ3n) is 5.43. The van der Waals surface area contributed by atoms with E-state index in [1.165, 1.54) is 29.3 Å². The van der Waals surface area contributed by atoms with Crippen LogP contribution >= 0.6 is 0 Å². The first-order valence-corrected chi connectivity index (χ1v) is 10.4. The van der Waals surface area contributed by atoms with Crippen molar-refractivity contribution in [3.05, 3.63) is 59.9 Å². The van der Waals surface area contributed by atoms with Gasteiger partial charge in [0.15, 0.2) is 5.96 Å². The molecule has 2 aromatic heterocycles. The van der Waals surface area contributed by atoms with Gasteiger partial charge in [-0.1, -0.05) is 18.2 Å². The predicted octanol–water partition coefficient (Wildman–Crippen LogP) is 3.79. The third-order valence-corrected chi connectivity index (χ3v) is 5.43. The van der Waals surface area contributed by atoms with Crippen molar-refractivity contribution in [3.63, 3.8) is 0 Å². The molecule has 3 aromatic rings. The summed E-state index contributed by atoms with van der Waals surface area (Å²) in [4.78, 5) is 12.0. The lowest BCUT2D eigenvalue weighted by atomic mass is 10.1. The zero-order chi connectivity index (χ0) is 19.9. The van der Waals surface area contributed by atoms with E-state index >= 15 is 0 Å². The van der Waals surface area contributed by atoms with Crippen LogP contribution in [-0.2, 0) is 13.0 Å². The van der Waals surface area contributed by atoms with Gasteiger partial charge >= 0.3 is 0 Å². The van der Waals surface area contributed by atoms with E-state index in [1.807, 2.05) is 18.3 Å². The molecule has 6 heteroatoms. The molecule has 29 heavy (non-hydrogen) atoms. The number of ether oxygens (including phenoxy) is 1. The van der Waals surface area contributed by atoms with Gasteiger partial charge < -0.3 is 20.4 Å². The normalized spacial score (nSPS) is 15.0. The van der Waals surface area contributed by atoms with Crippen molar-refractivity contribution >= 4 is 16.9 Å². The molecule has 4 rings (SSSR count). The molecule has 0 saturated heterocycles. The van der Waals surface area contributed by atoms with E-state index < -0.39 is 0 Å². The van der Waals surface area contributed by atoms with Crippen LogP contribution in [0.15, 0.2) is 53.8 Å². The van der Waals surface area contributed by atoms with Gasteiger partial charge in [-0.15, -0.1) is 0 Å². The van der Waals surface area contributed by atoms with Crippen molar-refractivity contribution in [2.45, 2.75) is 44.8 Å². The number of aliphatic imine (C=N–C) groups is 1. The maximum absolute atomic E-state index is 6.00. The third kappa shape index (κ3) is 5.08. The number of fused-ring (bicyclic) bond motifs is 1. The van der Waals surface area contributed by atoms with Crippen molar-refractivity contribution in [1.29, 1.82) is 0 Å². The van der Waals surface area contributed by atoms with E-state index in [0.717, 1.165) is 43.2 Å². The van der Waals surface area contributed by atoms with Gasteiger partial charge in [0.2, 0.25) is 5.88 Å². The van der Waals surface area contributed by atoms with Crippen LogP contribution in [0.2, 0.25) is 0 Å². The summed E-state index contributed by atoms with van der Waals surface area (Å²) in [6, 6.07) is 12.4. The van der Waals surface area contributed by atoms with Crippen LogP contribution in [-0.4, -0.2) is 35.6 Å². The van der Waals surface area contributed by atoms with Crippen LogP contribution in [0.4, 0.5) is 0 Å². The molecule has 0 unspecified atom stereocenters. The fourth-order valence-electron chi connectivity index (χ4n) is 3.86. The van der Waals surface area contributed by atoms with Crippen molar-refractivity contribution in [2.75, 3.05) is 13.6 Å². The topological polar surface area (TPSA) is 74.3 Å². The lowest BCUT2D eigenvalue weighted by molar-refractivity contribution is 0.201. The Balaban J connectivity index is 1.26. The van der Waals surface area contributed by atoms with Crippen LogP contribution in [0.3, 0.4) is 0 Å². The highest BCUT2D eigenvalue weighted by Gasteiger charge is 2.17. The fourth-order valence-corrected chi connectivity index (χ4v) is 3.86. The van der Waals surface area contributed by atoms with Gasteiger partial charge in [0.05, 0.1) is 0 Å². The summed E-state index contributed by atoms with van der Waals surface area (Å²) >= 11 is 0. The molecule has 0 radical (unpaired) electrons. The summed E-state index contributed by atoms with van der Waals surface area (Å²) in [6.07, 6.45) is 9.94. The first kappa shape index (κ1) is 19.3. The Morgan fingerprint density at radius 2 is 2.07 bits per heavy atom. The average Bonchev–Trinajstić information content (AvgIpc) is 3.41. The van der Waals surface area contributed by atoms with E-state index in [9.17, 15) is 0 Å². The molecule has 1 aromatic carbocycles. The van der Waals surface area contributed by atoms with Gasteiger partial charge in [0, 0.05) is 49.5 Å². The largest absolute Gasteiger partial charge is 0.474 e. The Morgan fingerprint density at radius 1 is 1.21 bits per heavy atom. The summed E-state index contributed by atoms with van der Waals surface area (Å²) in [6.45, 7) is 1.49. The number of nitrogens with zero attached hydrogens (tertiary/aromatic N) is 2. The molecule has 1 saturated carbocycles. The number of hydrogen-bond acceptors (Lipinski definition) is 3. The molecule has 3 N–H and O–H groups in total. The molecule has 152 valence electrons. The number of guanidine groups is 1. The van der Waals surface area contributed by atoms with Gasteiger partial charge in [-0.05, 0) is 55.4 Å². The Morgan fingerprint density at radius 3 is 2.93 bits per heavy atom. The molecule has 6 nitrogen and oxygen atoms in total. The second kappa shape index (κ2) is 9.45. The summed E-state index contributed by atoms with van der Waals surface area (Å²) in [7, 11) is 1.79. The zero-order valence-corrected chi connectivity index (χ0v) is 16.9. The van der Waals surface area contributed by atoms with E-state index in [-0.39, 0.29) is 0 Å². The monoisotopic (exact) mass is 391 g/mol. The highest BCUT2D eigenvalue weighted by Crippen LogP contribution is 2.23. The molecule has 1 fully saturated rings. The maximum Gasteiger partial charge on any atom is 0.213 e. The van der Waals surface area contributed by atoms with Gasteiger partial charge in [-0.3, -0.25) is 4.99 Å². The number of H-pyrrole nitrogens is 1. The number of aromatic nitrogens is 2. The molecule has 2 heterocycles. The first-order valence-electron chi connectivity index (χ1n) is 10.4. The van der Waals surface area contributed by atoms with Crippen LogP contribution in [0.5, 0.6) is 5.88 Å². The predicted molar refractivity (Wildman–Crippen MR) is 117 cm³/mol. The second-order valence-corrected chi connectivity index (χ2v) is 7.49. The van der Waals surface area contributed by atoms with E-state index in [0.29, 0.717) is 12.6 Å². The lowest BCUT2D eigenvalue weighted by Gasteiger charge is -2.14. The molecule has 0 bridgehead atoms. The smallest absolute Gasteiger partial charge is 0.213 e. The van der Waals surface area contributed by atoms with Crippen molar-refractivity contribution < 1.29 is 4.74 Å². The molecular formula is C23H29N5O. The molecule has 0 aliphatic heterocycles. The quantitative estimate of drug-likeness (QED) is 0.423. The minimum atomic E-state index is 0.324. The average molecular weight is 392 g/mol. The fraction of sp³-hybridized carbons (Fsp3) is 0.391. The van der Waals surface area contributed by atoms with Gasteiger partial charge in [0.1, 0.15) is 6.10 Å². The first-order chi connectivity index (χ1) is 14.3. The SMILES string of the molecule is CN=C(NCCc1c[nH]c2ccccc12)NCc1ccnc(OC2CCCC2)c1. The molecule has 0 amide bonds. The Hall–Kier alpha value is -3.02. The van der Waals surface area contributed by atoms with Crippen LogP contribution in [0, 0.1) is 0 Å².